The summed E-state index contributed by atoms with van der Waals surface area (Å²) in [7, 11) is 3.98. The third-order valence-electron chi connectivity index (χ3n) is 5.96. The molecule has 1 aromatic carbocycles. The summed E-state index contributed by atoms with van der Waals surface area (Å²) < 4.78 is 17.3. The van der Waals surface area contributed by atoms with Gasteiger partial charge in [-0.2, -0.15) is 0 Å². The van der Waals surface area contributed by atoms with Crippen molar-refractivity contribution >= 4 is 5.69 Å². The molecule has 0 atom stereocenters. The normalized spacial score (nSPS) is 23.0. The molecule has 25 heavy (non-hydrogen) atoms. The summed E-state index contributed by atoms with van der Waals surface area (Å²) in [4.78, 5) is 4.90. The van der Waals surface area contributed by atoms with E-state index in [4.69, 9.17) is 14.2 Å². The van der Waals surface area contributed by atoms with E-state index in [0.29, 0.717) is 0 Å². The smallest absolute Gasteiger partial charge is 0.170 e. The van der Waals surface area contributed by atoms with E-state index in [-0.39, 0.29) is 5.79 Å². The number of likely N-dealkylation sites (tertiary alicyclic amines) is 1. The Balaban J connectivity index is 1.40. The molecule has 3 aliphatic heterocycles. The Hall–Kier alpha value is -1.30. The molecule has 0 unspecified atom stereocenters. The Morgan fingerprint density at radius 3 is 2.60 bits per heavy atom. The molecule has 0 amide bonds. The lowest BCUT2D eigenvalue weighted by Gasteiger charge is -2.37. The summed E-state index contributed by atoms with van der Waals surface area (Å²) in [5.74, 6) is 0.771. The zero-order chi connectivity index (χ0) is 17.3. The van der Waals surface area contributed by atoms with E-state index in [1.54, 1.807) is 7.11 Å². The number of aryl methyl sites for hydroxylation is 1. The standard InChI is InChI=1S/C20H30N2O3/c1-21-8-3-4-16-15-19(23-2)17(14-18(16)21)5-9-22-10-6-20(7-11-22)24-12-13-25-20/h14-15H,3-13H2,1-2H3. The largest absolute Gasteiger partial charge is 0.496 e. The van der Waals surface area contributed by atoms with Gasteiger partial charge in [0.2, 0.25) is 0 Å². The average Bonchev–Trinajstić information content (AvgIpc) is 3.09. The van der Waals surface area contributed by atoms with Gasteiger partial charge in [0.15, 0.2) is 5.79 Å². The van der Waals surface area contributed by atoms with Gasteiger partial charge in [-0.15, -0.1) is 0 Å². The molecule has 1 spiro atoms. The van der Waals surface area contributed by atoms with Crippen LogP contribution < -0.4 is 9.64 Å². The first-order chi connectivity index (χ1) is 12.2. The van der Waals surface area contributed by atoms with Crippen LogP contribution >= 0.6 is 0 Å². The molecule has 1 aromatic rings. The SMILES string of the molecule is COc1cc2c(cc1CCN1CCC3(CC1)OCCO3)N(C)CCC2. The number of anilines is 1. The van der Waals surface area contributed by atoms with E-state index in [1.165, 1.54) is 23.2 Å². The van der Waals surface area contributed by atoms with Crippen molar-refractivity contribution in [1.82, 2.24) is 4.90 Å². The topological polar surface area (TPSA) is 34.2 Å². The van der Waals surface area contributed by atoms with Crippen LogP contribution in [0.3, 0.4) is 0 Å². The number of fused-ring (bicyclic) bond motifs is 1. The number of hydrogen-bond donors (Lipinski definition) is 0. The number of ether oxygens (including phenoxy) is 3. The monoisotopic (exact) mass is 346 g/mol. The van der Waals surface area contributed by atoms with E-state index < -0.39 is 0 Å². The van der Waals surface area contributed by atoms with Gasteiger partial charge < -0.3 is 24.0 Å². The number of piperidine rings is 1. The van der Waals surface area contributed by atoms with Crippen molar-refractivity contribution in [1.29, 1.82) is 0 Å². The van der Waals surface area contributed by atoms with Gasteiger partial charge >= 0.3 is 0 Å². The third-order valence-corrected chi connectivity index (χ3v) is 5.96. The second kappa shape index (κ2) is 7.14. The molecule has 0 N–H and O–H groups in total. The highest BCUT2D eigenvalue weighted by atomic mass is 16.7. The summed E-state index contributed by atoms with van der Waals surface area (Å²) in [5, 5.41) is 0. The highest BCUT2D eigenvalue weighted by molar-refractivity contribution is 5.60. The number of nitrogens with zero attached hydrogens (tertiary/aromatic N) is 2. The van der Waals surface area contributed by atoms with Crippen molar-refractivity contribution in [2.45, 2.75) is 37.9 Å². The van der Waals surface area contributed by atoms with Gasteiger partial charge in [-0.3, -0.25) is 0 Å². The van der Waals surface area contributed by atoms with Crippen LogP contribution in [0.1, 0.15) is 30.4 Å². The number of rotatable bonds is 4. The van der Waals surface area contributed by atoms with Gasteiger partial charge in [0, 0.05) is 51.8 Å². The van der Waals surface area contributed by atoms with E-state index in [2.05, 4.69) is 29.0 Å². The van der Waals surface area contributed by atoms with E-state index in [9.17, 15) is 0 Å². The summed E-state index contributed by atoms with van der Waals surface area (Å²) in [6.07, 6.45) is 5.38. The second-order valence-electron chi connectivity index (χ2n) is 7.52. The van der Waals surface area contributed by atoms with Crippen molar-refractivity contribution in [2.75, 3.05) is 58.5 Å². The maximum absolute atomic E-state index is 5.83. The van der Waals surface area contributed by atoms with E-state index in [0.717, 1.165) is 70.8 Å². The lowest BCUT2D eigenvalue weighted by molar-refractivity contribution is -0.185. The van der Waals surface area contributed by atoms with Gasteiger partial charge in [-0.05, 0) is 42.5 Å². The van der Waals surface area contributed by atoms with Crippen LogP contribution in [0.5, 0.6) is 5.75 Å². The molecular formula is C20H30N2O3. The summed E-state index contributed by atoms with van der Waals surface area (Å²) in [6, 6.07) is 4.60. The molecule has 0 bridgehead atoms. The minimum atomic E-state index is -0.275. The van der Waals surface area contributed by atoms with Crippen molar-refractivity contribution in [3.8, 4) is 5.75 Å². The Bertz CT molecular complexity index is 603. The number of benzene rings is 1. The van der Waals surface area contributed by atoms with Crippen LogP contribution in [0, 0.1) is 0 Å². The Morgan fingerprint density at radius 2 is 1.88 bits per heavy atom. The van der Waals surface area contributed by atoms with Crippen molar-refractivity contribution in [2.24, 2.45) is 0 Å². The van der Waals surface area contributed by atoms with Crippen LogP contribution in [-0.2, 0) is 22.3 Å². The van der Waals surface area contributed by atoms with Crippen molar-refractivity contribution in [3.05, 3.63) is 23.3 Å². The maximum Gasteiger partial charge on any atom is 0.170 e. The van der Waals surface area contributed by atoms with Gasteiger partial charge in [-0.1, -0.05) is 0 Å². The molecule has 5 heteroatoms. The summed E-state index contributed by atoms with van der Waals surface area (Å²) in [6.45, 7) is 5.81. The highest BCUT2D eigenvalue weighted by Gasteiger charge is 2.39. The van der Waals surface area contributed by atoms with Gasteiger partial charge in [0.25, 0.3) is 0 Å². The molecule has 0 saturated carbocycles. The van der Waals surface area contributed by atoms with Gasteiger partial charge in [0.1, 0.15) is 5.75 Å². The molecule has 138 valence electrons. The predicted molar refractivity (Wildman–Crippen MR) is 98.6 cm³/mol. The van der Waals surface area contributed by atoms with Crippen molar-refractivity contribution < 1.29 is 14.2 Å². The number of hydrogen-bond acceptors (Lipinski definition) is 5. The molecule has 5 nitrogen and oxygen atoms in total. The molecule has 3 aliphatic rings. The summed E-state index contributed by atoms with van der Waals surface area (Å²) in [5.41, 5.74) is 4.13. The molecule has 0 radical (unpaired) electrons. The fourth-order valence-electron chi connectivity index (χ4n) is 4.40. The van der Waals surface area contributed by atoms with Crippen LogP contribution in [0.2, 0.25) is 0 Å². The molecule has 0 aromatic heterocycles. The molecule has 2 fully saturated rings. The second-order valence-corrected chi connectivity index (χ2v) is 7.52. The third kappa shape index (κ3) is 3.50. The first-order valence-corrected chi connectivity index (χ1v) is 9.60. The van der Waals surface area contributed by atoms with Crippen LogP contribution in [-0.4, -0.2) is 64.2 Å². The van der Waals surface area contributed by atoms with Gasteiger partial charge in [0.05, 0.1) is 20.3 Å². The Morgan fingerprint density at radius 1 is 1.12 bits per heavy atom. The lowest BCUT2D eigenvalue weighted by atomic mass is 9.97. The van der Waals surface area contributed by atoms with Crippen LogP contribution in [0.4, 0.5) is 5.69 Å². The molecule has 3 heterocycles. The van der Waals surface area contributed by atoms with Gasteiger partial charge in [-0.25, -0.2) is 0 Å². The number of methoxy groups -OCH3 is 1. The molecule has 0 aliphatic carbocycles. The first kappa shape index (κ1) is 17.1. The fourth-order valence-corrected chi connectivity index (χ4v) is 4.40. The fraction of sp³-hybridized carbons (Fsp3) is 0.700. The average molecular weight is 346 g/mol. The van der Waals surface area contributed by atoms with E-state index in [1.807, 2.05) is 0 Å². The predicted octanol–water partition coefficient (Wildman–Crippen LogP) is 2.46. The highest BCUT2D eigenvalue weighted by Crippen LogP contribution is 2.34. The van der Waals surface area contributed by atoms with Crippen LogP contribution in [0.25, 0.3) is 0 Å². The van der Waals surface area contributed by atoms with Crippen LogP contribution in [0.15, 0.2) is 12.1 Å². The summed E-state index contributed by atoms with van der Waals surface area (Å²) >= 11 is 0. The zero-order valence-electron chi connectivity index (χ0n) is 15.6. The molecule has 2 saturated heterocycles. The minimum absolute atomic E-state index is 0.275. The Labute approximate surface area is 150 Å². The molecular weight excluding hydrogens is 316 g/mol. The van der Waals surface area contributed by atoms with E-state index >= 15 is 0 Å². The minimum Gasteiger partial charge on any atom is -0.496 e. The lowest BCUT2D eigenvalue weighted by Crippen LogP contribution is -2.45. The Kier molecular flexibility index (Phi) is 4.89. The maximum atomic E-state index is 5.83. The quantitative estimate of drug-likeness (QED) is 0.837. The zero-order valence-corrected chi connectivity index (χ0v) is 15.6. The van der Waals surface area contributed by atoms with Crippen molar-refractivity contribution in [3.63, 3.8) is 0 Å². The first-order valence-electron chi connectivity index (χ1n) is 9.60. The molecule has 4 rings (SSSR count).